The molecule has 0 radical (unpaired) electrons. The smallest absolute Gasteiger partial charge is 0.394 e. The van der Waals surface area contributed by atoms with Gasteiger partial charge in [-0.1, -0.05) is 0 Å². The minimum absolute atomic E-state index is 0.0562. The summed E-state index contributed by atoms with van der Waals surface area (Å²) in [4.78, 5) is 31.5. The molecule has 20 nitrogen and oxygen atoms in total. The van der Waals surface area contributed by atoms with Crippen molar-refractivity contribution in [1.82, 2.24) is 19.5 Å². The van der Waals surface area contributed by atoms with E-state index < -0.39 is 84.6 Å². The Bertz CT molecular complexity index is 1240. The van der Waals surface area contributed by atoms with Gasteiger partial charge in [-0.2, -0.15) is 4.31 Å². The Balaban J connectivity index is 1.31. The van der Waals surface area contributed by atoms with E-state index in [1.807, 2.05) is 0 Å². The van der Waals surface area contributed by atoms with E-state index in [0.29, 0.717) is 0 Å². The lowest BCUT2D eigenvalue weighted by molar-refractivity contribution is -0.172. The number of anilines is 1. The van der Waals surface area contributed by atoms with Gasteiger partial charge in [-0.25, -0.2) is 24.1 Å². The van der Waals surface area contributed by atoms with Crippen molar-refractivity contribution in [3.8, 4) is 0 Å². The number of phosphoric ester groups is 2. The zero-order valence-electron chi connectivity index (χ0n) is 19.8. The van der Waals surface area contributed by atoms with E-state index >= 15 is 0 Å². The Morgan fingerprint density at radius 1 is 0.923 bits per heavy atom. The second-order valence-electron chi connectivity index (χ2n) is 8.36. The Kier molecular flexibility index (Phi) is 9.33. The number of nitrogens with zero attached hydrogens (tertiary/aromatic N) is 4. The Morgan fingerprint density at radius 3 is 2.18 bits per heavy atom. The van der Waals surface area contributed by atoms with Gasteiger partial charge in [0.1, 0.15) is 48.5 Å². The third-order valence-corrected chi connectivity index (χ3v) is 8.30. The molecule has 10 atom stereocenters. The number of aliphatic hydroxyl groups excluding tert-OH is 5. The van der Waals surface area contributed by atoms with Crippen molar-refractivity contribution in [1.29, 1.82) is 0 Å². The van der Waals surface area contributed by atoms with Gasteiger partial charge in [0.2, 0.25) is 0 Å². The molecule has 2 fully saturated rings. The number of nitrogens with two attached hydrogens (primary N) is 1. The molecule has 2 saturated heterocycles. The van der Waals surface area contributed by atoms with Crippen LogP contribution in [0.4, 0.5) is 5.82 Å². The predicted octanol–water partition coefficient (Wildman–Crippen LogP) is -3.27. The van der Waals surface area contributed by atoms with Gasteiger partial charge in [-0.05, 0) is 0 Å². The van der Waals surface area contributed by atoms with Gasteiger partial charge in [0.25, 0.3) is 0 Å². The summed E-state index contributed by atoms with van der Waals surface area (Å²) in [5.74, 6) is 0.0562. The lowest BCUT2D eigenvalue weighted by Gasteiger charge is -2.20. The first-order chi connectivity index (χ1) is 18.3. The number of hydrogen-bond acceptors (Lipinski definition) is 17. The Labute approximate surface area is 218 Å². The van der Waals surface area contributed by atoms with Crippen LogP contribution >= 0.6 is 15.6 Å². The summed E-state index contributed by atoms with van der Waals surface area (Å²) in [6.07, 6.45) is -9.48. The number of hydrogen-bond donors (Lipinski definition) is 8. The summed E-state index contributed by atoms with van der Waals surface area (Å²) in [5, 5.41) is 49.3. The number of imidazole rings is 1. The predicted molar refractivity (Wildman–Crippen MR) is 122 cm³/mol. The molecule has 0 bridgehead atoms. The van der Waals surface area contributed by atoms with Gasteiger partial charge in [0.15, 0.2) is 24.0 Å². The zero-order valence-corrected chi connectivity index (χ0v) is 21.5. The van der Waals surface area contributed by atoms with Crippen molar-refractivity contribution in [2.24, 2.45) is 0 Å². The minimum Gasteiger partial charge on any atom is -0.394 e. The molecule has 0 spiro atoms. The maximum absolute atomic E-state index is 12.3. The van der Waals surface area contributed by atoms with Crippen LogP contribution in [0.2, 0.25) is 0 Å². The van der Waals surface area contributed by atoms with Crippen molar-refractivity contribution in [2.45, 2.75) is 49.1 Å². The normalized spacial score (nSPS) is 34.3. The van der Waals surface area contributed by atoms with Crippen molar-refractivity contribution < 1.29 is 72.0 Å². The molecule has 2 aromatic rings. The molecule has 4 rings (SSSR count). The van der Waals surface area contributed by atoms with Gasteiger partial charge >= 0.3 is 15.6 Å². The molecule has 0 amide bonds. The Hall–Kier alpha value is -1.71. The average molecular weight is 603 g/mol. The van der Waals surface area contributed by atoms with Crippen molar-refractivity contribution >= 4 is 32.6 Å². The largest absolute Gasteiger partial charge is 0.481 e. The third kappa shape index (κ3) is 6.79. The molecule has 0 saturated carbocycles. The topological polar surface area (TPSA) is 301 Å². The molecule has 22 heteroatoms. The number of fused-ring (bicyclic) bond motifs is 1. The monoisotopic (exact) mass is 603 g/mol. The SMILES string of the molecule is Nc1ncnc2c1ncn2[C@@H]1O[C@H](COP(=O)(O)OP(=O)(O)OC[C@H]2O[C@@H](OCCO)[C@H](O)[C@@H]2O)[C@@H](O)[C@H]1O. The van der Waals surface area contributed by atoms with Crippen LogP contribution in [0, 0.1) is 0 Å². The van der Waals surface area contributed by atoms with E-state index in [4.69, 9.17) is 25.1 Å². The molecule has 2 aliphatic heterocycles. The molecule has 2 aromatic heterocycles. The molecule has 2 unspecified atom stereocenters. The van der Waals surface area contributed by atoms with Crippen LogP contribution in [0.5, 0.6) is 0 Å². The van der Waals surface area contributed by atoms with Gasteiger partial charge in [-0.3, -0.25) is 13.6 Å². The maximum atomic E-state index is 12.3. The molecule has 9 N–H and O–H groups in total. The molecular formula is C17H27N5O15P2. The first kappa shape index (κ1) is 30.3. The molecule has 0 aliphatic carbocycles. The van der Waals surface area contributed by atoms with Gasteiger partial charge in [-0.15, -0.1) is 0 Å². The highest BCUT2D eigenvalue weighted by Gasteiger charge is 2.47. The molecule has 2 aliphatic rings. The summed E-state index contributed by atoms with van der Waals surface area (Å²) in [6.45, 7) is -2.39. The van der Waals surface area contributed by atoms with Gasteiger partial charge in [0.05, 0.1) is 32.8 Å². The molecule has 220 valence electrons. The first-order valence-corrected chi connectivity index (χ1v) is 14.2. The van der Waals surface area contributed by atoms with Crippen LogP contribution in [0.3, 0.4) is 0 Å². The fraction of sp³-hybridized carbons (Fsp3) is 0.706. The van der Waals surface area contributed by atoms with E-state index in [1.54, 1.807) is 0 Å². The van der Waals surface area contributed by atoms with E-state index in [-0.39, 0.29) is 23.6 Å². The number of ether oxygens (including phenoxy) is 3. The van der Waals surface area contributed by atoms with Gasteiger partial charge < -0.3 is 55.3 Å². The van der Waals surface area contributed by atoms with Crippen molar-refractivity contribution in [3.05, 3.63) is 12.7 Å². The number of aliphatic hydroxyl groups is 5. The zero-order chi connectivity index (χ0) is 28.5. The van der Waals surface area contributed by atoms with E-state index in [1.165, 1.54) is 10.9 Å². The highest BCUT2D eigenvalue weighted by molar-refractivity contribution is 7.61. The van der Waals surface area contributed by atoms with Crippen LogP contribution < -0.4 is 5.73 Å². The van der Waals surface area contributed by atoms with Crippen molar-refractivity contribution in [2.75, 3.05) is 32.2 Å². The third-order valence-electron chi connectivity index (χ3n) is 5.70. The summed E-state index contributed by atoms with van der Waals surface area (Å²) in [5.41, 5.74) is 6.10. The van der Waals surface area contributed by atoms with E-state index in [0.717, 1.165) is 6.33 Å². The van der Waals surface area contributed by atoms with Crippen LogP contribution in [-0.4, -0.2) is 124 Å². The van der Waals surface area contributed by atoms with E-state index in [2.05, 4.69) is 28.3 Å². The standard InChI is InChI=1S/C17H27N5O15P2/c18-14-9-15(20-5-19-14)22(6-21-9)16-12(26)10(24)7(35-16)3-33-38(28,29)37-39(30,31)34-4-8-11(25)13(27)17(36-8)32-2-1-23/h5-8,10-13,16-17,23-27H,1-4H2,(H,28,29)(H,30,31)(H2,18,19,20)/t7-,8-,10-,11-,12-,13-,16-,17-/m1/s1. The highest BCUT2D eigenvalue weighted by atomic mass is 31.3. The van der Waals surface area contributed by atoms with Crippen LogP contribution in [0.1, 0.15) is 6.23 Å². The molecule has 4 heterocycles. The quantitative estimate of drug-likeness (QED) is 0.110. The molecule has 0 aromatic carbocycles. The molecular weight excluding hydrogens is 576 g/mol. The number of aromatic nitrogens is 4. The maximum Gasteiger partial charge on any atom is 0.481 e. The van der Waals surface area contributed by atoms with E-state index in [9.17, 15) is 39.3 Å². The lowest BCUT2D eigenvalue weighted by Crippen LogP contribution is -2.35. The van der Waals surface area contributed by atoms with Gasteiger partial charge in [0, 0.05) is 0 Å². The van der Waals surface area contributed by atoms with Crippen LogP contribution in [0.15, 0.2) is 12.7 Å². The Morgan fingerprint density at radius 2 is 1.54 bits per heavy atom. The lowest BCUT2D eigenvalue weighted by atomic mass is 10.1. The van der Waals surface area contributed by atoms with Crippen LogP contribution in [0.25, 0.3) is 11.2 Å². The fourth-order valence-electron chi connectivity index (χ4n) is 3.82. The average Bonchev–Trinajstić information content (AvgIpc) is 3.50. The highest BCUT2D eigenvalue weighted by Crippen LogP contribution is 2.60. The number of rotatable bonds is 12. The summed E-state index contributed by atoms with van der Waals surface area (Å²) in [7, 11) is -10.6. The summed E-state index contributed by atoms with van der Waals surface area (Å²) in [6, 6.07) is 0. The van der Waals surface area contributed by atoms with Crippen LogP contribution in [-0.2, 0) is 36.7 Å². The number of nitrogen functional groups attached to an aromatic ring is 1. The van der Waals surface area contributed by atoms with Crippen molar-refractivity contribution in [3.63, 3.8) is 0 Å². The fourth-order valence-corrected chi connectivity index (χ4v) is 5.92. The summed E-state index contributed by atoms with van der Waals surface area (Å²) < 4.78 is 54.7. The second kappa shape index (κ2) is 12.0. The summed E-state index contributed by atoms with van der Waals surface area (Å²) >= 11 is 0. The first-order valence-electron chi connectivity index (χ1n) is 11.2. The minimum atomic E-state index is -5.33. The number of phosphoric acid groups is 2. The molecule has 39 heavy (non-hydrogen) atoms. The second-order valence-corrected chi connectivity index (χ2v) is 11.4.